The maximum Gasteiger partial charge on any atom is 0.150 e. The first-order valence-corrected chi connectivity index (χ1v) is 14.9. The van der Waals surface area contributed by atoms with Crippen molar-refractivity contribution in [3.8, 4) is 0 Å². The Balaban J connectivity index is 1.25. The molecule has 11 atom stereocenters. The topological polar surface area (TPSA) is 72.6 Å². The van der Waals surface area contributed by atoms with Gasteiger partial charge in [0.15, 0.2) is 0 Å². The van der Waals surface area contributed by atoms with Crippen molar-refractivity contribution < 1.29 is 15.0 Å². The summed E-state index contributed by atoms with van der Waals surface area (Å²) >= 11 is 0. The number of aliphatic hydroxyl groups excluding tert-OH is 1. The van der Waals surface area contributed by atoms with Crippen LogP contribution >= 0.6 is 0 Å². The molecule has 3 heterocycles. The zero-order valence-corrected chi connectivity index (χ0v) is 22.2. The highest BCUT2D eigenvalue weighted by Gasteiger charge is 2.68. The minimum absolute atomic E-state index is 0.149. The van der Waals surface area contributed by atoms with Gasteiger partial charge in [0.2, 0.25) is 0 Å². The van der Waals surface area contributed by atoms with Crippen LogP contribution in [0.1, 0.15) is 99.9 Å². The second kappa shape index (κ2) is 9.80. The van der Waals surface area contributed by atoms with Gasteiger partial charge in [0.05, 0.1) is 6.10 Å². The monoisotopic (exact) mass is 494 g/mol. The molecule has 0 aromatic heterocycles. The Kier molecular flexibility index (Phi) is 6.81. The van der Waals surface area contributed by atoms with Gasteiger partial charge >= 0.3 is 0 Å². The van der Waals surface area contributed by atoms with Crippen LogP contribution in [0.25, 0.3) is 0 Å². The van der Waals surface area contributed by atoms with Crippen molar-refractivity contribution in [2.24, 2.45) is 29.6 Å². The van der Waals surface area contributed by atoms with E-state index in [0.29, 0.717) is 35.9 Å². The van der Waals surface area contributed by atoms with Gasteiger partial charge in [-0.15, -0.1) is 0 Å². The van der Waals surface area contributed by atoms with Crippen LogP contribution in [0, 0.1) is 29.6 Å². The Morgan fingerprint density at radius 2 is 1.83 bits per heavy atom. The Bertz CT molecular complexity index is 934. The number of aliphatic hydroxyl groups is 2. The van der Waals surface area contributed by atoms with Crippen molar-refractivity contribution in [2.45, 2.75) is 114 Å². The quantitative estimate of drug-likeness (QED) is 0.378. The van der Waals surface area contributed by atoms with Crippen molar-refractivity contribution in [3.63, 3.8) is 0 Å². The van der Waals surface area contributed by atoms with Crippen molar-refractivity contribution in [1.82, 2.24) is 10.2 Å². The molecule has 5 nitrogen and oxygen atoms in total. The third-order valence-corrected chi connectivity index (χ3v) is 10.8. The molecule has 6 rings (SSSR count). The first-order chi connectivity index (χ1) is 17.4. The number of nitrogens with zero attached hydrogens (tertiary/aromatic N) is 1. The van der Waals surface area contributed by atoms with Gasteiger partial charge in [-0.2, -0.15) is 0 Å². The van der Waals surface area contributed by atoms with Crippen molar-refractivity contribution in [3.05, 3.63) is 35.4 Å². The third-order valence-electron chi connectivity index (χ3n) is 10.8. The largest absolute Gasteiger partial charge is 0.393 e. The maximum absolute atomic E-state index is 11.8. The van der Waals surface area contributed by atoms with E-state index >= 15 is 0 Å². The molecule has 2 aliphatic carbocycles. The molecule has 3 aliphatic heterocycles. The van der Waals surface area contributed by atoms with Crippen LogP contribution in [0.4, 0.5) is 0 Å². The molecular weight excluding hydrogens is 448 g/mol. The summed E-state index contributed by atoms with van der Waals surface area (Å²) in [6, 6.07) is 9.47. The summed E-state index contributed by atoms with van der Waals surface area (Å²) in [5.41, 5.74) is 1.43. The molecule has 36 heavy (non-hydrogen) atoms. The SMILES string of the molecule is CC(C)C[C@@H]1CCC[C@H]([C@H](c2ccc(C=O)cc2)[C@@H]2C[C@@H]([C@H]3CC[C@@H]4[C@@H](O)CC[C@H]4N3)[C@]3(O)CN23)C1. The summed E-state index contributed by atoms with van der Waals surface area (Å²) in [7, 11) is 0. The predicted molar refractivity (Wildman–Crippen MR) is 142 cm³/mol. The van der Waals surface area contributed by atoms with E-state index in [1.807, 2.05) is 12.1 Å². The molecule has 0 bridgehead atoms. The number of hydrogen-bond acceptors (Lipinski definition) is 5. The predicted octanol–water partition coefficient (Wildman–Crippen LogP) is 4.72. The number of piperidine rings is 2. The van der Waals surface area contributed by atoms with Gasteiger partial charge in [0.1, 0.15) is 12.0 Å². The zero-order valence-electron chi connectivity index (χ0n) is 22.2. The van der Waals surface area contributed by atoms with Crippen LogP contribution in [0.3, 0.4) is 0 Å². The molecule has 2 saturated carbocycles. The van der Waals surface area contributed by atoms with E-state index in [4.69, 9.17) is 0 Å². The minimum Gasteiger partial charge on any atom is -0.393 e. The molecule has 0 spiro atoms. The van der Waals surface area contributed by atoms with Gasteiger partial charge in [0.25, 0.3) is 0 Å². The Labute approximate surface area is 217 Å². The summed E-state index contributed by atoms with van der Waals surface area (Å²) in [4.78, 5) is 13.8. The first kappa shape index (κ1) is 25.0. The number of carbonyl (C=O) groups excluding carboxylic acids is 1. The van der Waals surface area contributed by atoms with Gasteiger partial charge in [-0.25, -0.2) is 0 Å². The zero-order chi connectivity index (χ0) is 25.0. The highest BCUT2D eigenvalue weighted by atomic mass is 16.3. The second-order valence-corrected chi connectivity index (χ2v) is 13.4. The number of rotatable bonds is 7. The summed E-state index contributed by atoms with van der Waals surface area (Å²) in [6.45, 7) is 5.49. The van der Waals surface area contributed by atoms with E-state index in [2.05, 4.69) is 36.2 Å². The number of hydrogen-bond donors (Lipinski definition) is 3. The Hall–Kier alpha value is -1.27. The van der Waals surface area contributed by atoms with Gasteiger partial charge in [-0.3, -0.25) is 9.69 Å². The van der Waals surface area contributed by atoms with Crippen LogP contribution in [0.5, 0.6) is 0 Å². The third kappa shape index (κ3) is 4.48. The fourth-order valence-electron chi connectivity index (χ4n) is 9.19. The molecule has 1 unspecified atom stereocenters. The fourth-order valence-corrected chi connectivity index (χ4v) is 9.19. The van der Waals surface area contributed by atoms with Crippen molar-refractivity contribution >= 4 is 6.29 Å². The highest BCUT2D eigenvalue weighted by Crippen LogP contribution is 2.57. The van der Waals surface area contributed by atoms with E-state index in [-0.39, 0.29) is 12.0 Å². The van der Waals surface area contributed by atoms with E-state index in [1.54, 1.807) is 0 Å². The molecule has 1 aromatic carbocycles. The standard InChI is InChI=1S/C31H46N2O3/c1-19(2)14-21-4-3-5-23(15-21)30(22-8-6-20(17-34)7-9-22)28-16-25(31(36)18-33(28)31)27-11-10-24-26(32-27)12-13-29(24)35/h6-9,17,19,21,23-30,32,35-36H,3-5,10-16,18H2,1-2H3/t21-,23-,24-,25-,26+,27+,28-,29-,30-,31+,33?/m0/s1. The number of aldehydes is 1. The molecule has 0 amide bonds. The number of carbonyl (C=O) groups is 1. The van der Waals surface area contributed by atoms with Gasteiger partial charge in [-0.05, 0) is 74.7 Å². The lowest BCUT2D eigenvalue weighted by Crippen LogP contribution is -2.52. The number of fused-ring (bicyclic) bond motifs is 2. The first-order valence-electron chi connectivity index (χ1n) is 14.9. The van der Waals surface area contributed by atoms with E-state index < -0.39 is 5.72 Å². The lowest BCUT2D eigenvalue weighted by Gasteiger charge is -2.41. The lowest BCUT2D eigenvalue weighted by atomic mass is 9.67. The summed E-state index contributed by atoms with van der Waals surface area (Å²) in [5.74, 6) is 3.23. The Morgan fingerprint density at radius 3 is 2.58 bits per heavy atom. The fraction of sp³-hybridized carbons (Fsp3) is 0.774. The smallest absolute Gasteiger partial charge is 0.150 e. The summed E-state index contributed by atoms with van der Waals surface area (Å²) < 4.78 is 0. The molecule has 3 saturated heterocycles. The number of benzene rings is 1. The molecule has 198 valence electrons. The van der Waals surface area contributed by atoms with Gasteiger partial charge in [-0.1, -0.05) is 51.0 Å². The number of nitrogens with one attached hydrogen (secondary N) is 1. The van der Waals surface area contributed by atoms with E-state index in [1.165, 1.54) is 37.7 Å². The van der Waals surface area contributed by atoms with Crippen LogP contribution in [0.15, 0.2) is 24.3 Å². The average Bonchev–Trinajstić information content (AvgIpc) is 3.30. The highest BCUT2D eigenvalue weighted by molar-refractivity contribution is 5.74. The molecular formula is C31H46N2O3. The maximum atomic E-state index is 11.8. The van der Waals surface area contributed by atoms with E-state index in [9.17, 15) is 15.0 Å². The summed E-state index contributed by atoms with van der Waals surface area (Å²) in [5, 5.41) is 26.1. The van der Waals surface area contributed by atoms with Crippen LogP contribution in [-0.2, 0) is 0 Å². The molecule has 5 heteroatoms. The van der Waals surface area contributed by atoms with Crippen molar-refractivity contribution in [2.75, 3.05) is 6.54 Å². The van der Waals surface area contributed by atoms with Crippen LogP contribution in [0.2, 0.25) is 0 Å². The summed E-state index contributed by atoms with van der Waals surface area (Å²) in [6.07, 6.45) is 12.5. The molecule has 1 aromatic rings. The van der Waals surface area contributed by atoms with Gasteiger partial charge in [0, 0.05) is 48.0 Å². The van der Waals surface area contributed by atoms with Gasteiger partial charge < -0.3 is 15.5 Å². The minimum atomic E-state index is -0.667. The molecule has 0 radical (unpaired) electrons. The van der Waals surface area contributed by atoms with E-state index in [0.717, 1.165) is 62.3 Å². The molecule has 5 fully saturated rings. The lowest BCUT2D eigenvalue weighted by molar-refractivity contribution is 0.0242. The second-order valence-electron chi connectivity index (χ2n) is 13.4. The van der Waals surface area contributed by atoms with Crippen LogP contribution in [-0.4, -0.2) is 57.9 Å². The van der Waals surface area contributed by atoms with Crippen molar-refractivity contribution in [1.29, 1.82) is 0 Å². The normalized spacial score (nSPS) is 44.8. The van der Waals surface area contributed by atoms with Crippen LogP contribution < -0.4 is 5.32 Å². The Morgan fingerprint density at radius 1 is 1.06 bits per heavy atom. The average molecular weight is 495 g/mol. The molecule has 5 aliphatic rings. The molecule has 3 N–H and O–H groups in total.